The number of fused-ring (bicyclic) bond motifs is 1. The Morgan fingerprint density at radius 3 is 2.90 bits per heavy atom. The SMILES string of the molecule is COCC(N)C(=O)Nc1ccc2c(c1)CCCN2C(C)=O. The zero-order valence-corrected chi connectivity index (χ0v) is 12.4. The summed E-state index contributed by atoms with van der Waals surface area (Å²) in [6.07, 6.45) is 1.82. The normalized spacial score (nSPS) is 15.3. The number of carbonyl (C=O) groups excluding carboxylic acids is 2. The number of benzene rings is 1. The van der Waals surface area contributed by atoms with Crippen molar-refractivity contribution < 1.29 is 14.3 Å². The third-order valence-electron chi connectivity index (χ3n) is 3.53. The molecule has 1 heterocycles. The lowest BCUT2D eigenvalue weighted by atomic mass is 10.0. The summed E-state index contributed by atoms with van der Waals surface area (Å²) in [6.45, 7) is 2.48. The van der Waals surface area contributed by atoms with Crippen molar-refractivity contribution in [2.24, 2.45) is 5.73 Å². The number of aryl methyl sites for hydroxylation is 1. The average Bonchev–Trinajstić information content (AvgIpc) is 2.46. The highest BCUT2D eigenvalue weighted by Crippen LogP contribution is 2.29. The third-order valence-corrected chi connectivity index (χ3v) is 3.53. The van der Waals surface area contributed by atoms with E-state index in [0.29, 0.717) is 5.69 Å². The van der Waals surface area contributed by atoms with Gasteiger partial charge in [0.05, 0.1) is 6.61 Å². The van der Waals surface area contributed by atoms with Crippen molar-refractivity contribution in [3.63, 3.8) is 0 Å². The van der Waals surface area contributed by atoms with E-state index in [1.165, 1.54) is 7.11 Å². The molecular formula is C15H21N3O3. The lowest BCUT2D eigenvalue weighted by molar-refractivity contribution is -0.118. The fourth-order valence-electron chi connectivity index (χ4n) is 2.49. The van der Waals surface area contributed by atoms with Crippen molar-refractivity contribution in [3.8, 4) is 0 Å². The maximum absolute atomic E-state index is 11.9. The van der Waals surface area contributed by atoms with E-state index < -0.39 is 6.04 Å². The Balaban J connectivity index is 2.14. The lowest BCUT2D eigenvalue weighted by Gasteiger charge is -2.29. The van der Waals surface area contributed by atoms with Crippen molar-refractivity contribution in [2.75, 3.05) is 30.5 Å². The number of anilines is 2. The monoisotopic (exact) mass is 291 g/mol. The Morgan fingerprint density at radius 2 is 2.24 bits per heavy atom. The quantitative estimate of drug-likeness (QED) is 0.863. The molecule has 1 aromatic carbocycles. The summed E-state index contributed by atoms with van der Waals surface area (Å²) in [7, 11) is 1.50. The molecule has 3 N–H and O–H groups in total. The Labute approximate surface area is 124 Å². The molecule has 0 fully saturated rings. The van der Waals surface area contributed by atoms with E-state index in [0.717, 1.165) is 30.6 Å². The summed E-state index contributed by atoms with van der Waals surface area (Å²) in [5.41, 5.74) is 8.36. The number of methoxy groups -OCH3 is 1. The number of rotatable bonds is 4. The van der Waals surface area contributed by atoms with Gasteiger partial charge in [-0.3, -0.25) is 9.59 Å². The number of carbonyl (C=O) groups is 2. The molecule has 114 valence electrons. The highest BCUT2D eigenvalue weighted by atomic mass is 16.5. The molecule has 0 saturated carbocycles. The molecule has 2 rings (SSSR count). The molecule has 0 aliphatic carbocycles. The van der Waals surface area contributed by atoms with Crippen LogP contribution >= 0.6 is 0 Å². The number of nitrogens with two attached hydrogens (primary N) is 1. The van der Waals surface area contributed by atoms with Crippen LogP contribution in [-0.4, -0.2) is 38.1 Å². The van der Waals surface area contributed by atoms with Gasteiger partial charge in [0.1, 0.15) is 6.04 Å². The van der Waals surface area contributed by atoms with E-state index in [4.69, 9.17) is 10.5 Å². The summed E-state index contributed by atoms with van der Waals surface area (Å²) in [4.78, 5) is 25.2. The molecule has 0 aromatic heterocycles. The molecular weight excluding hydrogens is 270 g/mol. The molecule has 0 radical (unpaired) electrons. The van der Waals surface area contributed by atoms with Crippen molar-refractivity contribution in [3.05, 3.63) is 23.8 Å². The first-order valence-corrected chi connectivity index (χ1v) is 6.99. The van der Waals surface area contributed by atoms with Gasteiger partial charge in [0.15, 0.2) is 0 Å². The number of nitrogens with zero attached hydrogens (tertiary/aromatic N) is 1. The van der Waals surface area contributed by atoms with Gasteiger partial charge in [-0.1, -0.05) is 0 Å². The van der Waals surface area contributed by atoms with Gasteiger partial charge < -0.3 is 20.7 Å². The highest BCUT2D eigenvalue weighted by Gasteiger charge is 2.20. The first-order chi connectivity index (χ1) is 10.0. The fourth-order valence-corrected chi connectivity index (χ4v) is 2.49. The number of hydrogen-bond donors (Lipinski definition) is 2. The van der Waals surface area contributed by atoms with Crippen LogP contribution in [0.5, 0.6) is 0 Å². The van der Waals surface area contributed by atoms with Crippen LogP contribution in [0.15, 0.2) is 18.2 Å². The minimum absolute atomic E-state index is 0.0369. The van der Waals surface area contributed by atoms with Gasteiger partial charge in [-0.05, 0) is 36.6 Å². The maximum Gasteiger partial charge on any atom is 0.243 e. The van der Waals surface area contributed by atoms with Crippen molar-refractivity contribution in [1.82, 2.24) is 0 Å². The summed E-state index contributed by atoms with van der Waals surface area (Å²) < 4.78 is 4.86. The second kappa shape index (κ2) is 6.69. The Bertz CT molecular complexity index is 545. The van der Waals surface area contributed by atoms with Crippen molar-refractivity contribution >= 4 is 23.2 Å². The van der Waals surface area contributed by atoms with Gasteiger partial charge in [0, 0.05) is 32.0 Å². The minimum atomic E-state index is -0.695. The van der Waals surface area contributed by atoms with Gasteiger partial charge in [-0.2, -0.15) is 0 Å². The molecule has 1 aromatic rings. The van der Waals surface area contributed by atoms with E-state index >= 15 is 0 Å². The summed E-state index contributed by atoms with van der Waals surface area (Å²) in [5.74, 6) is -0.245. The number of hydrogen-bond acceptors (Lipinski definition) is 4. The van der Waals surface area contributed by atoms with Gasteiger partial charge in [0.2, 0.25) is 11.8 Å². The largest absolute Gasteiger partial charge is 0.383 e. The van der Waals surface area contributed by atoms with Crippen molar-refractivity contribution in [2.45, 2.75) is 25.8 Å². The Kier molecular flexibility index (Phi) is 4.93. The van der Waals surface area contributed by atoms with E-state index in [-0.39, 0.29) is 18.4 Å². The average molecular weight is 291 g/mol. The number of amides is 2. The second-order valence-corrected chi connectivity index (χ2v) is 5.17. The molecule has 0 bridgehead atoms. The fraction of sp³-hybridized carbons (Fsp3) is 0.467. The summed E-state index contributed by atoms with van der Waals surface area (Å²) in [6, 6.07) is 4.87. The topological polar surface area (TPSA) is 84.7 Å². The van der Waals surface area contributed by atoms with E-state index in [2.05, 4.69) is 5.32 Å². The molecule has 0 saturated heterocycles. The number of nitrogens with one attached hydrogen (secondary N) is 1. The van der Waals surface area contributed by atoms with Crippen LogP contribution in [0, 0.1) is 0 Å². The second-order valence-electron chi connectivity index (χ2n) is 5.17. The molecule has 1 unspecified atom stereocenters. The zero-order valence-electron chi connectivity index (χ0n) is 12.4. The van der Waals surface area contributed by atoms with Crippen LogP contribution < -0.4 is 16.0 Å². The van der Waals surface area contributed by atoms with Crippen LogP contribution in [0.4, 0.5) is 11.4 Å². The molecule has 6 heteroatoms. The smallest absolute Gasteiger partial charge is 0.243 e. The molecule has 21 heavy (non-hydrogen) atoms. The lowest BCUT2D eigenvalue weighted by Crippen LogP contribution is -2.39. The zero-order chi connectivity index (χ0) is 15.4. The minimum Gasteiger partial charge on any atom is -0.383 e. The summed E-state index contributed by atoms with van der Waals surface area (Å²) >= 11 is 0. The Morgan fingerprint density at radius 1 is 1.48 bits per heavy atom. The third kappa shape index (κ3) is 3.59. The summed E-state index contributed by atoms with van der Waals surface area (Å²) in [5, 5.41) is 2.77. The molecule has 6 nitrogen and oxygen atoms in total. The maximum atomic E-state index is 11.9. The van der Waals surface area contributed by atoms with Gasteiger partial charge in [0.25, 0.3) is 0 Å². The molecule has 1 atom stereocenters. The Hall–Kier alpha value is -1.92. The molecule has 0 spiro atoms. The van der Waals surface area contributed by atoms with Crippen LogP contribution in [0.25, 0.3) is 0 Å². The first-order valence-electron chi connectivity index (χ1n) is 6.99. The van der Waals surface area contributed by atoms with E-state index in [9.17, 15) is 9.59 Å². The van der Waals surface area contributed by atoms with Crippen molar-refractivity contribution in [1.29, 1.82) is 0 Å². The van der Waals surface area contributed by atoms with E-state index in [1.54, 1.807) is 17.9 Å². The molecule has 2 amide bonds. The van der Waals surface area contributed by atoms with Crippen LogP contribution in [0.1, 0.15) is 18.9 Å². The molecule has 1 aliphatic rings. The van der Waals surface area contributed by atoms with E-state index in [1.807, 2.05) is 12.1 Å². The standard InChI is InChI=1S/C15H21N3O3/c1-10(19)18-7-3-4-11-8-12(5-6-14(11)18)17-15(20)13(16)9-21-2/h5-6,8,13H,3-4,7,9,16H2,1-2H3,(H,17,20). The predicted molar refractivity (Wildman–Crippen MR) is 81.3 cm³/mol. The first kappa shape index (κ1) is 15.5. The highest BCUT2D eigenvalue weighted by molar-refractivity contribution is 5.96. The van der Waals surface area contributed by atoms with Gasteiger partial charge in [-0.15, -0.1) is 0 Å². The van der Waals surface area contributed by atoms with Crippen LogP contribution in [-0.2, 0) is 20.7 Å². The number of ether oxygens (including phenoxy) is 1. The van der Waals surface area contributed by atoms with Gasteiger partial charge >= 0.3 is 0 Å². The van der Waals surface area contributed by atoms with Crippen LogP contribution in [0.3, 0.4) is 0 Å². The van der Waals surface area contributed by atoms with Gasteiger partial charge in [-0.25, -0.2) is 0 Å². The predicted octanol–water partition coefficient (Wildman–Crippen LogP) is 0.898. The molecule has 1 aliphatic heterocycles. The van der Waals surface area contributed by atoms with Crippen LogP contribution in [0.2, 0.25) is 0 Å².